The fourth-order valence-electron chi connectivity index (χ4n) is 3.31. The largest absolute Gasteiger partial charge is 0.354 e. The van der Waals surface area contributed by atoms with Crippen molar-refractivity contribution in [3.8, 4) is 0 Å². The molecule has 0 radical (unpaired) electrons. The molecule has 2 aromatic carbocycles. The van der Waals surface area contributed by atoms with Crippen LogP contribution in [-0.4, -0.2) is 23.8 Å². The van der Waals surface area contributed by atoms with E-state index in [1.807, 2.05) is 37.4 Å². The average Bonchev–Trinajstić information content (AvgIpc) is 3.28. The van der Waals surface area contributed by atoms with E-state index in [0.717, 1.165) is 18.4 Å². The molecule has 0 aliphatic heterocycles. The number of benzene rings is 2. The van der Waals surface area contributed by atoms with E-state index in [1.54, 1.807) is 47.7 Å². The smallest absolute Gasteiger partial charge is 0.255 e. The molecule has 7 heteroatoms. The molecule has 3 aromatic rings. The second-order valence-corrected chi connectivity index (χ2v) is 9.14. The Morgan fingerprint density at radius 1 is 0.879 bits per heavy atom. The topological polar surface area (TPSA) is 87.3 Å². The zero-order chi connectivity index (χ0) is 23.6. The highest BCUT2D eigenvalue weighted by atomic mass is 32.1. The van der Waals surface area contributed by atoms with E-state index in [2.05, 4.69) is 22.0 Å². The molecule has 3 amide bonds. The van der Waals surface area contributed by atoms with Gasteiger partial charge in [-0.1, -0.05) is 24.3 Å². The number of anilines is 2. The van der Waals surface area contributed by atoms with Crippen LogP contribution >= 0.6 is 11.3 Å². The molecule has 3 N–H and O–H groups in total. The number of carbonyl (C=O) groups is 3. The number of amides is 3. The van der Waals surface area contributed by atoms with Crippen LogP contribution in [0.3, 0.4) is 0 Å². The molecule has 33 heavy (non-hydrogen) atoms. The van der Waals surface area contributed by atoms with Crippen molar-refractivity contribution >= 4 is 40.4 Å². The predicted molar refractivity (Wildman–Crippen MR) is 134 cm³/mol. The molecule has 0 fully saturated rings. The predicted octanol–water partition coefficient (Wildman–Crippen LogP) is 5.03. The number of hydrogen-bond donors (Lipinski definition) is 3. The van der Waals surface area contributed by atoms with Gasteiger partial charge in [0.25, 0.3) is 5.91 Å². The van der Waals surface area contributed by atoms with Crippen molar-refractivity contribution in [1.29, 1.82) is 0 Å². The second-order valence-electron chi connectivity index (χ2n) is 8.11. The van der Waals surface area contributed by atoms with Gasteiger partial charge in [0.2, 0.25) is 11.8 Å². The van der Waals surface area contributed by atoms with E-state index in [-0.39, 0.29) is 23.8 Å². The second kappa shape index (κ2) is 12.0. The van der Waals surface area contributed by atoms with Crippen LogP contribution in [0.2, 0.25) is 0 Å². The molecule has 0 atom stereocenters. The Kier molecular flexibility index (Phi) is 8.78. The van der Waals surface area contributed by atoms with Gasteiger partial charge in [0.1, 0.15) is 0 Å². The summed E-state index contributed by atoms with van der Waals surface area (Å²) in [5, 5.41) is 10.6. The van der Waals surface area contributed by atoms with Gasteiger partial charge in [0.15, 0.2) is 0 Å². The third-order valence-corrected chi connectivity index (χ3v) is 5.78. The Labute approximate surface area is 198 Å². The summed E-state index contributed by atoms with van der Waals surface area (Å²) in [7, 11) is 0. The van der Waals surface area contributed by atoms with Crippen molar-refractivity contribution in [2.45, 2.75) is 45.6 Å². The lowest BCUT2D eigenvalue weighted by Crippen LogP contribution is -2.31. The first kappa shape index (κ1) is 24.2. The fraction of sp³-hybridized carbons (Fsp3) is 0.269. The monoisotopic (exact) mass is 463 g/mol. The first-order valence-corrected chi connectivity index (χ1v) is 11.9. The normalized spacial score (nSPS) is 10.6. The summed E-state index contributed by atoms with van der Waals surface area (Å²) in [4.78, 5) is 38.0. The maximum absolute atomic E-state index is 12.7. The van der Waals surface area contributed by atoms with Gasteiger partial charge < -0.3 is 16.0 Å². The number of aryl methyl sites for hydroxylation is 1. The van der Waals surface area contributed by atoms with E-state index in [1.165, 1.54) is 4.88 Å². The Morgan fingerprint density at radius 3 is 2.36 bits per heavy atom. The summed E-state index contributed by atoms with van der Waals surface area (Å²) in [6.07, 6.45) is 2.38. The highest BCUT2D eigenvalue weighted by Crippen LogP contribution is 2.16. The summed E-state index contributed by atoms with van der Waals surface area (Å²) < 4.78 is 0. The van der Waals surface area contributed by atoms with Gasteiger partial charge in [-0.3, -0.25) is 14.4 Å². The molecule has 1 aromatic heterocycles. The highest BCUT2D eigenvalue weighted by molar-refractivity contribution is 7.09. The maximum Gasteiger partial charge on any atom is 0.255 e. The summed E-state index contributed by atoms with van der Waals surface area (Å²) in [5.41, 5.74) is 2.55. The van der Waals surface area contributed by atoms with Crippen LogP contribution in [0.15, 0.2) is 66.0 Å². The van der Waals surface area contributed by atoms with Crippen LogP contribution in [0.1, 0.15) is 47.5 Å². The summed E-state index contributed by atoms with van der Waals surface area (Å²) in [6.45, 7) is 3.84. The van der Waals surface area contributed by atoms with Crippen molar-refractivity contribution in [3.05, 3.63) is 82.0 Å². The lowest BCUT2D eigenvalue weighted by molar-refractivity contribution is -0.121. The van der Waals surface area contributed by atoms with Crippen molar-refractivity contribution in [1.82, 2.24) is 5.32 Å². The Hall–Kier alpha value is -3.45. The summed E-state index contributed by atoms with van der Waals surface area (Å²) in [5.74, 6) is -0.373. The first-order valence-electron chi connectivity index (χ1n) is 11.0. The van der Waals surface area contributed by atoms with Crippen LogP contribution in [0.25, 0.3) is 0 Å². The molecule has 0 aliphatic rings. The number of carbonyl (C=O) groups excluding carboxylic acids is 3. The third-order valence-electron chi connectivity index (χ3n) is 4.84. The standard InChI is InChI=1S/C26H29N3O3S/c1-18(2)27-25(31)16-19-11-13-21(14-12-19)29-26(32)20-6-3-7-22(17-20)28-24(30)10-4-8-23-9-5-15-33-23/h3,5-7,9,11-15,17-18H,4,8,10,16H2,1-2H3,(H,27,31)(H,28,30)(H,29,32). The highest BCUT2D eigenvalue weighted by Gasteiger charge is 2.10. The molecule has 0 bridgehead atoms. The summed E-state index contributed by atoms with van der Waals surface area (Å²) >= 11 is 1.70. The molecular weight excluding hydrogens is 434 g/mol. The zero-order valence-corrected chi connectivity index (χ0v) is 19.7. The summed E-state index contributed by atoms with van der Waals surface area (Å²) in [6, 6.07) is 18.2. The minimum absolute atomic E-state index is 0.0350. The molecule has 1 heterocycles. The lowest BCUT2D eigenvalue weighted by atomic mass is 10.1. The van der Waals surface area contributed by atoms with Crippen LogP contribution in [0.5, 0.6) is 0 Å². The van der Waals surface area contributed by atoms with E-state index in [4.69, 9.17) is 0 Å². The van der Waals surface area contributed by atoms with Gasteiger partial charge in [0, 0.05) is 34.3 Å². The molecule has 0 aliphatic carbocycles. The quantitative estimate of drug-likeness (QED) is 0.394. The van der Waals surface area contributed by atoms with Crippen LogP contribution < -0.4 is 16.0 Å². The van der Waals surface area contributed by atoms with Gasteiger partial charge in [-0.2, -0.15) is 0 Å². The average molecular weight is 464 g/mol. The SMILES string of the molecule is CC(C)NC(=O)Cc1ccc(NC(=O)c2cccc(NC(=O)CCCc3cccs3)c2)cc1. The molecule has 3 rings (SSSR count). The van der Waals surface area contributed by atoms with Gasteiger partial charge >= 0.3 is 0 Å². The van der Waals surface area contributed by atoms with Crippen molar-refractivity contribution in [3.63, 3.8) is 0 Å². The van der Waals surface area contributed by atoms with Gasteiger partial charge in [-0.25, -0.2) is 0 Å². The fourth-order valence-corrected chi connectivity index (χ4v) is 4.06. The molecular formula is C26H29N3O3S. The Bertz CT molecular complexity index is 1080. The van der Waals surface area contributed by atoms with Crippen molar-refractivity contribution in [2.24, 2.45) is 0 Å². The van der Waals surface area contributed by atoms with Gasteiger partial charge in [0.05, 0.1) is 6.42 Å². The van der Waals surface area contributed by atoms with E-state index in [0.29, 0.717) is 29.8 Å². The van der Waals surface area contributed by atoms with Crippen LogP contribution in [0.4, 0.5) is 11.4 Å². The number of thiophene rings is 1. The molecule has 6 nitrogen and oxygen atoms in total. The van der Waals surface area contributed by atoms with Gasteiger partial charge in [-0.05, 0) is 74.0 Å². The molecule has 0 unspecified atom stereocenters. The Morgan fingerprint density at radius 2 is 1.67 bits per heavy atom. The number of rotatable bonds is 10. The molecule has 0 saturated heterocycles. The maximum atomic E-state index is 12.7. The van der Waals surface area contributed by atoms with E-state index < -0.39 is 0 Å². The Balaban J connectivity index is 1.50. The number of hydrogen-bond acceptors (Lipinski definition) is 4. The van der Waals surface area contributed by atoms with Gasteiger partial charge in [-0.15, -0.1) is 11.3 Å². The lowest BCUT2D eigenvalue weighted by Gasteiger charge is -2.10. The van der Waals surface area contributed by atoms with E-state index in [9.17, 15) is 14.4 Å². The van der Waals surface area contributed by atoms with E-state index >= 15 is 0 Å². The van der Waals surface area contributed by atoms with Crippen molar-refractivity contribution < 1.29 is 14.4 Å². The minimum atomic E-state index is -0.269. The molecule has 172 valence electrons. The number of nitrogens with one attached hydrogen (secondary N) is 3. The molecule has 0 spiro atoms. The van der Waals surface area contributed by atoms with Crippen molar-refractivity contribution in [2.75, 3.05) is 10.6 Å². The molecule has 0 saturated carbocycles. The first-order chi connectivity index (χ1) is 15.9. The van der Waals surface area contributed by atoms with Crippen LogP contribution in [0, 0.1) is 0 Å². The minimum Gasteiger partial charge on any atom is -0.354 e. The third kappa shape index (κ3) is 8.20. The zero-order valence-electron chi connectivity index (χ0n) is 18.9. The van der Waals surface area contributed by atoms with Crippen LogP contribution in [-0.2, 0) is 22.4 Å².